The minimum atomic E-state index is -0.113. The van der Waals surface area contributed by atoms with Crippen LogP contribution in [0.4, 0.5) is 17.1 Å². The van der Waals surface area contributed by atoms with Gasteiger partial charge in [-0.1, -0.05) is 161 Å². The summed E-state index contributed by atoms with van der Waals surface area (Å²) in [5.41, 5.74) is 19.1. The fourth-order valence-electron chi connectivity index (χ4n) is 9.98. The summed E-state index contributed by atoms with van der Waals surface area (Å²) < 4.78 is 2.65. The molecule has 8 aromatic carbocycles. The minimum absolute atomic E-state index is 0.109. The average Bonchev–Trinajstić information content (AvgIpc) is 3.81. The molecule has 0 atom stereocenters. The van der Waals surface area contributed by atoms with Crippen LogP contribution in [0, 0.1) is 0 Å². The van der Waals surface area contributed by atoms with Gasteiger partial charge in [0, 0.05) is 47.9 Å². The molecule has 2 aliphatic carbocycles. The molecule has 1 aromatic heterocycles. The Morgan fingerprint density at radius 3 is 1.79 bits per heavy atom. The molecule has 0 N–H and O–H groups in total. The second-order valence-electron chi connectivity index (χ2n) is 16.5. The molecule has 56 heavy (non-hydrogen) atoms. The Kier molecular flexibility index (Phi) is 7.18. The number of hydrogen-bond acceptors (Lipinski definition) is 2. The number of thiophene rings is 1. The van der Waals surface area contributed by atoms with E-state index in [9.17, 15) is 0 Å². The maximum absolute atomic E-state index is 2.51. The van der Waals surface area contributed by atoms with E-state index < -0.39 is 0 Å². The highest BCUT2D eigenvalue weighted by molar-refractivity contribution is 7.25. The quantitative estimate of drug-likeness (QED) is 0.170. The average molecular weight is 736 g/mol. The van der Waals surface area contributed by atoms with Gasteiger partial charge in [0.15, 0.2) is 0 Å². The summed E-state index contributed by atoms with van der Waals surface area (Å²) in [5.74, 6) is 0. The van der Waals surface area contributed by atoms with E-state index in [2.05, 4.69) is 209 Å². The van der Waals surface area contributed by atoms with Crippen LogP contribution in [-0.2, 0) is 10.8 Å². The Morgan fingerprint density at radius 2 is 0.964 bits per heavy atom. The topological polar surface area (TPSA) is 3.24 Å². The first kappa shape index (κ1) is 33.1. The van der Waals surface area contributed by atoms with Gasteiger partial charge in [0.1, 0.15) is 0 Å². The third-order valence-corrected chi connectivity index (χ3v) is 13.8. The lowest BCUT2D eigenvalue weighted by atomic mass is 9.79. The van der Waals surface area contributed by atoms with Crippen molar-refractivity contribution in [1.29, 1.82) is 0 Å². The van der Waals surface area contributed by atoms with E-state index in [1.54, 1.807) is 0 Å². The third kappa shape index (κ3) is 4.79. The van der Waals surface area contributed by atoms with Crippen LogP contribution >= 0.6 is 11.3 Å². The summed E-state index contributed by atoms with van der Waals surface area (Å²) in [5, 5.41) is 2.65. The summed E-state index contributed by atoms with van der Waals surface area (Å²) in [6.07, 6.45) is 0. The predicted molar refractivity (Wildman–Crippen MR) is 240 cm³/mol. The Morgan fingerprint density at radius 1 is 0.393 bits per heavy atom. The molecule has 268 valence electrons. The van der Waals surface area contributed by atoms with Gasteiger partial charge < -0.3 is 4.90 Å². The van der Waals surface area contributed by atoms with Crippen molar-refractivity contribution in [2.24, 2.45) is 0 Å². The molecule has 2 aliphatic rings. The molecular weight excluding hydrogens is 695 g/mol. The van der Waals surface area contributed by atoms with E-state index in [1.807, 2.05) is 11.3 Å². The van der Waals surface area contributed by atoms with Crippen LogP contribution in [0.25, 0.3) is 64.7 Å². The summed E-state index contributed by atoms with van der Waals surface area (Å²) in [4.78, 5) is 2.51. The summed E-state index contributed by atoms with van der Waals surface area (Å²) in [6, 6.07) is 65.8. The molecule has 9 aromatic rings. The number of nitrogens with zero attached hydrogens (tertiary/aromatic N) is 1. The van der Waals surface area contributed by atoms with Gasteiger partial charge in [-0.2, -0.15) is 0 Å². The van der Waals surface area contributed by atoms with Gasteiger partial charge in [-0.3, -0.25) is 0 Å². The highest BCUT2D eigenvalue weighted by atomic mass is 32.1. The fraction of sp³-hybridized carbons (Fsp3) is 0.111. The molecule has 0 spiro atoms. The Hall–Kier alpha value is -6.22. The molecule has 0 saturated heterocycles. The summed E-state index contributed by atoms with van der Waals surface area (Å²) >= 11 is 1.87. The predicted octanol–water partition coefficient (Wildman–Crippen LogP) is 15.5. The lowest BCUT2D eigenvalue weighted by molar-refractivity contribution is 0.660. The normalized spacial score (nSPS) is 14.4. The molecule has 1 heterocycles. The van der Waals surface area contributed by atoms with Gasteiger partial charge in [0.2, 0.25) is 0 Å². The summed E-state index contributed by atoms with van der Waals surface area (Å²) in [7, 11) is 0. The van der Waals surface area contributed by atoms with E-state index >= 15 is 0 Å². The maximum Gasteiger partial charge on any atom is 0.0543 e. The van der Waals surface area contributed by atoms with E-state index in [4.69, 9.17) is 0 Å². The Balaban J connectivity index is 1.11. The molecule has 1 nitrogen and oxygen atoms in total. The zero-order valence-electron chi connectivity index (χ0n) is 32.1. The Labute approximate surface area is 333 Å². The van der Waals surface area contributed by atoms with Gasteiger partial charge in [-0.05, 0) is 104 Å². The second kappa shape index (κ2) is 12.1. The van der Waals surface area contributed by atoms with Crippen molar-refractivity contribution in [3.8, 4) is 44.5 Å². The highest BCUT2D eigenvalue weighted by Crippen LogP contribution is 2.55. The van der Waals surface area contributed by atoms with Crippen molar-refractivity contribution < 1.29 is 0 Å². The molecule has 0 fully saturated rings. The minimum Gasteiger partial charge on any atom is -0.310 e. The van der Waals surface area contributed by atoms with Gasteiger partial charge in [-0.15, -0.1) is 11.3 Å². The number of hydrogen-bond donors (Lipinski definition) is 0. The third-order valence-electron chi connectivity index (χ3n) is 12.6. The summed E-state index contributed by atoms with van der Waals surface area (Å²) in [6.45, 7) is 9.50. The molecule has 0 aliphatic heterocycles. The van der Waals surface area contributed by atoms with Crippen molar-refractivity contribution in [3.63, 3.8) is 0 Å². The van der Waals surface area contributed by atoms with Crippen molar-refractivity contribution >= 4 is 48.6 Å². The second-order valence-corrected chi connectivity index (χ2v) is 17.6. The number of benzene rings is 8. The van der Waals surface area contributed by atoms with Crippen molar-refractivity contribution in [1.82, 2.24) is 0 Å². The van der Waals surface area contributed by atoms with Crippen molar-refractivity contribution in [3.05, 3.63) is 198 Å². The molecule has 0 saturated carbocycles. The molecule has 2 heteroatoms. The van der Waals surface area contributed by atoms with Crippen LogP contribution in [0.1, 0.15) is 49.9 Å². The van der Waals surface area contributed by atoms with E-state index in [0.29, 0.717) is 0 Å². The molecule has 0 unspecified atom stereocenters. The van der Waals surface area contributed by atoms with Crippen LogP contribution < -0.4 is 4.90 Å². The number of fused-ring (bicyclic) bond motifs is 9. The van der Waals surface area contributed by atoms with E-state index in [-0.39, 0.29) is 10.8 Å². The molecule has 0 bridgehead atoms. The SMILES string of the molecule is CC1(C)c2ccccc2-c2c(N(c3cccc(-c4ccc5c(c4)sc4ccccc45)c3)c3cccc(-c4cccc5c4C(C)(C)c4ccccc4-5)c3)cccc21. The van der Waals surface area contributed by atoms with Gasteiger partial charge in [0.25, 0.3) is 0 Å². The van der Waals surface area contributed by atoms with Crippen molar-refractivity contribution in [2.45, 2.75) is 38.5 Å². The monoisotopic (exact) mass is 735 g/mol. The van der Waals surface area contributed by atoms with E-state index in [1.165, 1.54) is 92.6 Å². The molecule has 11 rings (SSSR count). The van der Waals surface area contributed by atoms with E-state index in [0.717, 1.165) is 11.4 Å². The number of rotatable bonds is 5. The fourth-order valence-corrected chi connectivity index (χ4v) is 11.1. The Bertz CT molecular complexity index is 3050. The molecule has 0 radical (unpaired) electrons. The maximum atomic E-state index is 2.51. The van der Waals surface area contributed by atoms with Crippen LogP contribution in [-0.4, -0.2) is 0 Å². The first-order chi connectivity index (χ1) is 27.3. The molecular formula is C54H41NS. The van der Waals surface area contributed by atoms with Gasteiger partial charge in [0.05, 0.1) is 5.69 Å². The van der Waals surface area contributed by atoms with Crippen molar-refractivity contribution in [2.75, 3.05) is 4.90 Å². The zero-order valence-corrected chi connectivity index (χ0v) is 32.9. The first-order valence-electron chi connectivity index (χ1n) is 19.7. The van der Waals surface area contributed by atoms with Crippen LogP contribution in [0.3, 0.4) is 0 Å². The van der Waals surface area contributed by atoms with Gasteiger partial charge in [-0.25, -0.2) is 0 Å². The lowest BCUT2D eigenvalue weighted by Crippen LogP contribution is -2.16. The van der Waals surface area contributed by atoms with Crippen LogP contribution in [0.15, 0.2) is 176 Å². The lowest BCUT2D eigenvalue weighted by Gasteiger charge is -2.30. The first-order valence-corrected chi connectivity index (χ1v) is 20.5. The standard InChI is InChI=1S/C54H41NS/c1-53(2)46-25-9-6-21-44(46)51-47(53)26-14-27-48(51)55(37-17-11-15-34(31-37)35-29-30-42-41-20-7-10-28-49(41)56-50(42)33-35)38-18-12-16-36(32-38)39-22-13-23-43-40-19-5-8-24-45(40)54(3,4)52(39)43/h5-33H,1-4H3. The highest BCUT2D eigenvalue weighted by Gasteiger charge is 2.39. The largest absolute Gasteiger partial charge is 0.310 e. The smallest absolute Gasteiger partial charge is 0.0543 e. The zero-order chi connectivity index (χ0) is 37.8. The van der Waals surface area contributed by atoms with Gasteiger partial charge >= 0.3 is 0 Å². The van der Waals surface area contributed by atoms with Crippen LogP contribution in [0.5, 0.6) is 0 Å². The number of anilines is 3. The van der Waals surface area contributed by atoms with Crippen LogP contribution in [0.2, 0.25) is 0 Å². The molecule has 0 amide bonds.